The van der Waals surface area contributed by atoms with Crippen LogP contribution in [-0.2, 0) is 0 Å². The van der Waals surface area contributed by atoms with Crippen LogP contribution in [0.4, 0.5) is 0 Å². The number of nitrogens with zero attached hydrogens (tertiary/aromatic N) is 5. The largest absolute Gasteiger partial charge is 0.256 e. The van der Waals surface area contributed by atoms with Gasteiger partial charge in [0.05, 0.1) is 11.2 Å². The zero-order valence-electron chi connectivity index (χ0n) is 11.6. The molecule has 1 aromatic carbocycles. The maximum absolute atomic E-state index is 4.48. The first-order valence-electron chi connectivity index (χ1n) is 6.62. The molecule has 5 nitrogen and oxygen atoms in total. The first-order valence-corrected chi connectivity index (χ1v) is 8.23. The van der Waals surface area contributed by atoms with Crippen molar-refractivity contribution < 1.29 is 0 Å². The summed E-state index contributed by atoms with van der Waals surface area (Å²) in [7, 11) is 0. The maximum atomic E-state index is 4.48. The summed E-state index contributed by atoms with van der Waals surface area (Å²) in [5.74, 6) is 0. The first-order chi connectivity index (χ1) is 10.7. The quantitative estimate of drug-likeness (QED) is 0.534. The van der Waals surface area contributed by atoms with E-state index in [1.807, 2.05) is 37.3 Å². The monoisotopic (exact) mass is 371 g/mol. The molecule has 7 heteroatoms. The summed E-state index contributed by atoms with van der Waals surface area (Å²) in [6.07, 6.45) is 1.81. The van der Waals surface area contributed by atoms with Gasteiger partial charge in [-0.05, 0) is 55.1 Å². The number of aromatic nitrogens is 5. The number of benzene rings is 1. The standard InChI is InChI=1S/C15H10BrN5S/c1-9-2-5-14-18-19-15(21(14)20-9)22-13-6-7-17-12-4-3-10(16)8-11(12)13/h2-8H,1H3. The molecule has 0 saturated carbocycles. The van der Waals surface area contributed by atoms with Gasteiger partial charge in [0.1, 0.15) is 0 Å². The molecule has 4 aromatic rings. The fourth-order valence-corrected chi connectivity index (χ4v) is 3.47. The molecule has 22 heavy (non-hydrogen) atoms. The average Bonchev–Trinajstić information content (AvgIpc) is 2.90. The number of pyridine rings is 1. The van der Waals surface area contributed by atoms with Crippen molar-refractivity contribution in [3.63, 3.8) is 0 Å². The Morgan fingerprint density at radius 2 is 2.00 bits per heavy atom. The maximum Gasteiger partial charge on any atom is 0.217 e. The Morgan fingerprint density at radius 3 is 2.91 bits per heavy atom. The van der Waals surface area contributed by atoms with Gasteiger partial charge in [-0.25, -0.2) is 0 Å². The SMILES string of the molecule is Cc1ccc2nnc(Sc3ccnc4ccc(Br)cc34)n2n1. The van der Waals surface area contributed by atoms with Crippen molar-refractivity contribution in [2.75, 3.05) is 0 Å². The number of hydrogen-bond donors (Lipinski definition) is 0. The van der Waals surface area contributed by atoms with Crippen LogP contribution in [0.1, 0.15) is 5.69 Å². The second-order valence-electron chi connectivity index (χ2n) is 4.80. The van der Waals surface area contributed by atoms with Crippen LogP contribution in [0.25, 0.3) is 16.6 Å². The van der Waals surface area contributed by atoms with Gasteiger partial charge in [-0.15, -0.1) is 10.2 Å². The van der Waals surface area contributed by atoms with Gasteiger partial charge in [0.25, 0.3) is 0 Å². The average molecular weight is 372 g/mol. The van der Waals surface area contributed by atoms with E-state index in [0.29, 0.717) is 0 Å². The minimum atomic E-state index is 0.742. The molecule has 0 saturated heterocycles. The Labute approximate surface area is 138 Å². The highest BCUT2D eigenvalue weighted by Gasteiger charge is 2.11. The molecule has 0 atom stereocenters. The third-order valence-corrected chi connectivity index (χ3v) is 4.74. The minimum absolute atomic E-state index is 0.742. The van der Waals surface area contributed by atoms with Gasteiger partial charge in [0, 0.05) is 21.0 Å². The van der Waals surface area contributed by atoms with Crippen molar-refractivity contribution >= 4 is 44.2 Å². The molecule has 0 radical (unpaired) electrons. The highest BCUT2D eigenvalue weighted by molar-refractivity contribution is 9.10. The van der Waals surface area contributed by atoms with E-state index in [9.17, 15) is 0 Å². The second-order valence-corrected chi connectivity index (χ2v) is 6.72. The first kappa shape index (κ1) is 13.7. The van der Waals surface area contributed by atoms with Crippen molar-refractivity contribution in [2.24, 2.45) is 0 Å². The van der Waals surface area contributed by atoms with Crippen LogP contribution in [0.15, 0.2) is 57.1 Å². The lowest BCUT2D eigenvalue weighted by Gasteiger charge is -2.05. The molecule has 4 rings (SSSR count). The van der Waals surface area contributed by atoms with Crippen molar-refractivity contribution in [2.45, 2.75) is 17.0 Å². The van der Waals surface area contributed by atoms with Crippen LogP contribution < -0.4 is 0 Å². The third kappa shape index (κ3) is 2.36. The van der Waals surface area contributed by atoms with E-state index in [4.69, 9.17) is 0 Å². The molecule has 0 aliphatic carbocycles. The zero-order chi connectivity index (χ0) is 15.1. The summed E-state index contributed by atoms with van der Waals surface area (Å²) >= 11 is 5.05. The van der Waals surface area contributed by atoms with Crippen molar-refractivity contribution in [1.82, 2.24) is 24.8 Å². The van der Waals surface area contributed by atoms with E-state index >= 15 is 0 Å². The predicted molar refractivity (Wildman–Crippen MR) is 89.1 cm³/mol. The Kier molecular flexibility index (Phi) is 3.31. The van der Waals surface area contributed by atoms with E-state index in [2.05, 4.69) is 42.3 Å². The smallest absolute Gasteiger partial charge is 0.217 e. The van der Waals surface area contributed by atoms with E-state index in [1.165, 1.54) is 11.8 Å². The third-order valence-electron chi connectivity index (χ3n) is 3.23. The highest BCUT2D eigenvalue weighted by atomic mass is 79.9. The Morgan fingerprint density at radius 1 is 1.09 bits per heavy atom. The summed E-state index contributed by atoms with van der Waals surface area (Å²) in [5, 5.41) is 14.7. The Bertz CT molecular complexity index is 998. The molecule has 0 amide bonds. The minimum Gasteiger partial charge on any atom is -0.256 e. The molecule has 3 aromatic heterocycles. The lowest BCUT2D eigenvalue weighted by molar-refractivity contribution is 0.792. The lowest BCUT2D eigenvalue weighted by atomic mass is 10.2. The predicted octanol–water partition coefficient (Wildman–Crippen LogP) is 3.89. The normalized spacial score (nSPS) is 11.4. The van der Waals surface area contributed by atoms with E-state index in [0.717, 1.165) is 36.8 Å². The van der Waals surface area contributed by atoms with E-state index in [-0.39, 0.29) is 0 Å². The van der Waals surface area contributed by atoms with Crippen LogP contribution in [0.3, 0.4) is 0 Å². The molecule has 3 heterocycles. The molecule has 0 N–H and O–H groups in total. The van der Waals surface area contributed by atoms with E-state index < -0.39 is 0 Å². The van der Waals surface area contributed by atoms with Crippen molar-refractivity contribution in [3.8, 4) is 0 Å². The molecule has 0 aliphatic heterocycles. The molecule has 0 spiro atoms. The zero-order valence-corrected chi connectivity index (χ0v) is 14.0. The highest BCUT2D eigenvalue weighted by Crippen LogP contribution is 2.32. The van der Waals surface area contributed by atoms with Crippen LogP contribution in [0.2, 0.25) is 0 Å². The molecule has 0 bridgehead atoms. The van der Waals surface area contributed by atoms with Gasteiger partial charge in [0.2, 0.25) is 5.16 Å². The fraction of sp³-hybridized carbons (Fsp3) is 0.0667. The number of fused-ring (bicyclic) bond motifs is 2. The van der Waals surface area contributed by atoms with Crippen LogP contribution >= 0.6 is 27.7 Å². The van der Waals surface area contributed by atoms with Gasteiger partial charge in [0.15, 0.2) is 5.65 Å². The second kappa shape index (κ2) is 5.33. The van der Waals surface area contributed by atoms with Crippen LogP contribution in [0, 0.1) is 6.92 Å². The summed E-state index contributed by atoms with van der Waals surface area (Å²) < 4.78 is 2.79. The summed E-state index contributed by atoms with van der Waals surface area (Å²) in [5.41, 5.74) is 2.62. The van der Waals surface area contributed by atoms with Gasteiger partial charge in [-0.1, -0.05) is 15.9 Å². The van der Waals surface area contributed by atoms with Gasteiger partial charge in [-0.2, -0.15) is 9.61 Å². The summed E-state index contributed by atoms with van der Waals surface area (Å²) in [6, 6.07) is 11.9. The fourth-order valence-electron chi connectivity index (χ4n) is 2.21. The molecule has 0 fully saturated rings. The molecule has 108 valence electrons. The van der Waals surface area contributed by atoms with Gasteiger partial charge in [-0.3, -0.25) is 4.98 Å². The van der Waals surface area contributed by atoms with Crippen molar-refractivity contribution in [3.05, 3.63) is 52.8 Å². The molecule has 0 aliphatic rings. The molecule has 0 unspecified atom stereocenters. The molecular formula is C15H10BrN5S. The van der Waals surface area contributed by atoms with Crippen molar-refractivity contribution in [1.29, 1.82) is 0 Å². The number of halogens is 1. The van der Waals surface area contributed by atoms with Crippen LogP contribution in [0.5, 0.6) is 0 Å². The number of rotatable bonds is 2. The Balaban J connectivity index is 1.86. The molecular weight excluding hydrogens is 362 g/mol. The summed E-state index contributed by atoms with van der Waals surface area (Å²) in [6.45, 7) is 1.95. The van der Waals surface area contributed by atoms with E-state index in [1.54, 1.807) is 10.7 Å². The summed E-state index contributed by atoms with van der Waals surface area (Å²) in [4.78, 5) is 5.47. The van der Waals surface area contributed by atoms with Crippen LogP contribution in [-0.4, -0.2) is 24.8 Å². The number of hydrogen-bond acceptors (Lipinski definition) is 5. The van der Waals surface area contributed by atoms with Gasteiger partial charge < -0.3 is 0 Å². The topological polar surface area (TPSA) is 56.0 Å². The number of aryl methyl sites for hydroxylation is 1. The Hall–Kier alpha value is -1.99. The lowest BCUT2D eigenvalue weighted by Crippen LogP contribution is -1.95. The van der Waals surface area contributed by atoms with Gasteiger partial charge >= 0.3 is 0 Å².